The van der Waals surface area contributed by atoms with E-state index in [4.69, 9.17) is 0 Å². The zero-order chi connectivity index (χ0) is 11.8. The Morgan fingerprint density at radius 3 is 2.69 bits per heavy atom. The monoisotopic (exact) mass is 225 g/mol. The quantitative estimate of drug-likeness (QED) is 0.746. The van der Waals surface area contributed by atoms with E-state index in [2.05, 4.69) is 11.6 Å². The molecular weight excluding hydrogens is 215 g/mol. The summed E-state index contributed by atoms with van der Waals surface area (Å²) in [5.41, 5.74) is 0.922. The summed E-state index contributed by atoms with van der Waals surface area (Å²) < 4.78 is 37.5. The van der Waals surface area contributed by atoms with Crippen LogP contribution in [0, 0.1) is 0 Å². The molecule has 0 saturated carbocycles. The Morgan fingerprint density at radius 2 is 2.06 bits per heavy atom. The van der Waals surface area contributed by atoms with Gasteiger partial charge in [-0.3, -0.25) is 0 Å². The third-order valence-electron chi connectivity index (χ3n) is 2.46. The summed E-state index contributed by atoms with van der Waals surface area (Å²) in [6.07, 6.45) is -0.354. The van der Waals surface area contributed by atoms with E-state index in [9.17, 15) is 13.2 Å². The number of hydrogen-bond donors (Lipinski definition) is 1. The maximum atomic E-state index is 12.5. The SMILES string of the molecule is C=CCc1c[nH]c2ccc(C(F)(F)F)cc12. The van der Waals surface area contributed by atoms with Crippen molar-refractivity contribution in [2.75, 3.05) is 0 Å². The Bertz CT molecular complexity index is 523. The molecule has 16 heavy (non-hydrogen) atoms. The molecule has 0 aliphatic rings. The standard InChI is InChI=1S/C12H10F3N/c1-2-3-8-7-16-11-5-4-9(6-10(8)11)12(13,14)15/h2,4-7,16H,1,3H2. The van der Waals surface area contributed by atoms with Gasteiger partial charge in [0.25, 0.3) is 0 Å². The molecule has 0 atom stereocenters. The third kappa shape index (κ3) is 1.83. The number of aromatic amines is 1. The first kappa shape index (κ1) is 10.8. The molecule has 0 radical (unpaired) electrons. The molecule has 0 spiro atoms. The van der Waals surface area contributed by atoms with Crippen molar-refractivity contribution in [2.45, 2.75) is 12.6 Å². The van der Waals surface area contributed by atoms with E-state index in [1.165, 1.54) is 12.1 Å². The van der Waals surface area contributed by atoms with Crippen molar-refractivity contribution < 1.29 is 13.2 Å². The third-order valence-corrected chi connectivity index (χ3v) is 2.46. The van der Waals surface area contributed by atoms with Crippen LogP contribution in [0.4, 0.5) is 13.2 Å². The largest absolute Gasteiger partial charge is 0.416 e. The lowest BCUT2D eigenvalue weighted by Gasteiger charge is -2.06. The van der Waals surface area contributed by atoms with Crippen LogP contribution in [0.2, 0.25) is 0 Å². The average molecular weight is 225 g/mol. The molecule has 0 unspecified atom stereocenters. The Balaban J connectivity index is 2.58. The molecule has 1 aromatic carbocycles. The van der Waals surface area contributed by atoms with Crippen molar-refractivity contribution in [2.24, 2.45) is 0 Å². The van der Waals surface area contributed by atoms with Crippen LogP contribution in [0.3, 0.4) is 0 Å². The summed E-state index contributed by atoms with van der Waals surface area (Å²) in [5.74, 6) is 0. The molecule has 1 nitrogen and oxygen atoms in total. The van der Waals surface area contributed by atoms with E-state index in [0.29, 0.717) is 17.3 Å². The Hall–Kier alpha value is -1.71. The molecule has 1 N–H and O–H groups in total. The van der Waals surface area contributed by atoms with Crippen molar-refractivity contribution in [3.63, 3.8) is 0 Å². The number of rotatable bonds is 2. The summed E-state index contributed by atoms with van der Waals surface area (Å²) in [7, 11) is 0. The minimum Gasteiger partial charge on any atom is -0.361 e. The molecule has 2 rings (SSSR count). The number of fused-ring (bicyclic) bond motifs is 1. The van der Waals surface area contributed by atoms with E-state index in [-0.39, 0.29) is 0 Å². The van der Waals surface area contributed by atoms with Gasteiger partial charge in [-0.1, -0.05) is 6.08 Å². The van der Waals surface area contributed by atoms with Gasteiger partial charge in [-0.15, -0.1) is 6.58 Å². The van der Waals surface area contributed by atoms with Gasteiger partial charge < -0.3 is 4.98 Å². The molecular formula is C12H10F3N. The highest BCUT2D eigenvalue weighted by Gasteiger charge is 2.30. The molecule has 1 heterocycles. The van der Waals surface area contributed by atoms with Crippen LogP contribution in [-0.4, -0.2) is 4.98 Å². The number of allylic oxidation sites excluding steroid dienone is 1. The fraction of sp³-hybridized carbons (Fsp3) is 0.167. The fourth-order valence-corrected chi connectivity index (χ4v) is 1.68. The second kappa shape index (κ2) is 3.70. The Labute approximate surface area is 90.6 Å². The molecule has 0 aliphatic heterocycles. The minimum absolute atomic E-state index is 0.557. The number of aromatic nitrogens is 1. The molecule has 0 aliphatic carbocycles. The molecule has 1 aromatic heterocycles. The van der Waals surface area contributed by atoms with Crippen molar-refractivity contribution in [1.82, 2.24) is 4.98 Å². The first-order valence-electron chi connectivity index (χ1n) is 4.80. The first-order chi connectivity index (χ1) is 7.52. The van der Waals surface area contributed by atoms with Crippen LogP contribution < -0.4 is 0 Å². The molecule has 0 amide bonds. The molecule has 0 saturated heterocycles. The lowest BCUT2D eigenvalue weighted by Crippen LogP contribution is -2.04. The van der Waals surface area contributed by atoms with E-state index >= 15 is 0 Å². The summed E-state index contributed by atoms with van der Waals surface area (Å²) in [5, 5.41) is 0.606. The van der Waals surface area contributed by atoms with Gasteiger partial charge in [0.05, 0.1) is 5.56 Å². The summed E-state index contributed by atoms with van der Waals surface area (Å²) in [6.45, 7) is 3.58. The highest BCUT2D eigenvalue weighted by molar-refractivity contribution is 5.84. The van der Waals surface area contributed by atoms with E-state index in [1.54, 1.807) is 12.3 Å². The highest BCUT2D eigenvalue weighted by Crippen LogP contribution is 2.32. The van der Waals surface area contributed by atoms with Gasteiger partial charge in [-0.25, -0.2) is 0 Å². The van der Waals surface area contributed by atoms with Gasteiger partial charge in [0.1, 0.15) is 0 Å². The van der Waals surface area contributed by atoms with Crippen LogP contribution >= 0.6 is 0 Å². The number of H-pyrrole nitrogens is 1. The zero-order valence-electron chi connectivity index (χ0n) is 8.43. The van der Waals surface area contributed by atoms with Gasteiger partial charge in [0.2, 0.25) is 0 Å². The summed E-state index contributed by atoms with van der Waals surface area (Å²) >= 11 is 0. The van der Waals surface area contributed by atoms with E-state index in [1.807, 2.05) is 0 Å². The lowest BCUT2D eigenvalue weighted by atomic mass is 10.1. The van der Waals surface area contributed by atoms with Gasteiger partial charge >= 0.3 is 6.18 Å². The zero-order valence-corrected chi connectivity index (χ0v) is 8.43. The maximum absolute atomic E-state index is 12.5. The topological polar surface area (TPSA) is 15.8 Å². The second-order valence-electron chi connectivity index (χ2n) is 3.56. The fourth-order valence-electron chi connectivity index (χ4n) is 1.68. The molecule has 0 fully saturated rings. The predicted octanol–water partition coefficient (Wildman–Crippen LogP) is 3.92. The molecule has 0 bridgehead atoms. The first-order valence-corrected chi connectivity index (χ1v) is 4.80. The Kier molecular flexibility index (Phi) is 2.50. The van der Waals surface area contributed by atoms with Crippen LogP contribution in [0.1, 0.15) is 11.1 Å². The second-order valence-corrected chi connectivity index (χ2v) is 3.56. The predicted molar refractivity (Wildman–Crippen MR) is 57.2 cm³/mol. The summed E-state index contributed by atoms with van der Waals surface area (Å²) in [6, 6.07) is 3.70. The van der Waals surface area contributed by atoms with E-state index in [0.717, 1.165) is 11.6 Å². The maximum Gasteiger partial charge on any atom is 0.416 e. The van der Waals surface area contributed by atoms with Gasteiger partial charge in [0.15, 0.2) is 0 Å². The average Bonchev–Trinajstić information content (AvgIpc) is 2.60. The van der Waals surface area contributed by atoms with Crippen LogP contribution in [0.5, 0.6) is 0 Å². The highest BCUT2D eigenvalue weighted by atomic mass is 19.4. The molecule has 2 aromatic rings. The van der Waals surface area contributed by atoms with Crippen molar-refractivity contribution in [3.05, 3.63) is 48.2 Å². The van der Waals surface area contributed by atoms with Crippen molar-refractivity contribution in [3.8, 4) is 0 Å². The molecule has 4 heteroatoms. The van der Waals surface area contributed by atoms with Gasteiger partial charge in [0, 0.05) is 17.1 Å². The number of hydrogen-bond acceptors (Lipinski definition) is 0. The normalized spacial score (nSPS) is 11.9. The van der Waals surface area contributed by atoms with Crippen molar-refractivity contribution in [1.29, 1.82) is 0 Å². The van der Waals surface area contributed by atoms with Crippen molar-refractivity contribution >= 4 is 10.9 Å². The lowest BCUT2D eigenvalue weighted by molar-refractivity contribution is -0.137. The number of alkyl halides is 3. The molecule has 84 valence electrons. The minimum atomic E-state index is -4.29. The van der Waals surface area contributed by atoms with Crippen LogP contribution in [-0.2, 0) is 12.6 Å². The van der Waals surface area contributed by atoms with Crippen LogP contribution in [0.25, 0.3) is 10.9 Å². The van der Waals surface area contributed by atoms with Gasteiger partial charge in [-0.05, 0) is 30.2 Å². The van der Waals surface area contributed by atoms with Gasteiger partial charge in [-0.2, -0.15) is 13.2 Å². The number of nitrogens with one attached hydrogen (secondary N) is 1. The Morgan fingerprint density at radius 1 is 1.31 bits per heavy atom. The number of benzene rings is 1. The number of halogens is 3. The van der Waals surface area contributed by atoms with E-state index < -0.39 is 11.7 Å². The van der Waals surface area contributed by atoms with Crippen LogP contribution in [0.15, 0.2) is 37.1 Å². The summed E-state index contributed by atoms with van der Waals surface area (Å²) in [4.78, 5) is 2.94. The smallest absolute Gasteiger partial charge is 0.361 e.